The Morgan fingerprint density at radius 1 is 1.16 bits per heavy atom. The van der Waals surface area contributed by atoms with Crippen LogP contribution in [0.2, 0.25) is 0 Å². The number of halogens is 1. The number of amides is 1. The second-order valence-electron chi connectivity index (χ2n) is 5.92. The van der Waals surface area contributed by atoms with Crippen LogP contribution >= 0.6 is 12.4 Å². The van der Waals surface area contributed by atoms with Gasteiger partial charge in [0.1, 0.15) is 12.4 Å². The molecule has 1 unspecified atom stereocenters. The van der Waals surface area contributed by atoms with Gasteiger partial charge >= 0.3 is 0 Å². The summed E-state index contributed by atoms with van der Waals surface area (Å²) in [6, 6.07) is 15.6. The molecular formula is C20H27ClN2O2. The molecule has 4 nitrogen and oxygen atoms in total. The molecule has 5 heteroatoms. The Morgan fingerprint density at radius 2 is 1.88 bits per heavy atom. The summed E-state index contributed by atoms with van der Waals surface area (Å²) in [5.41, 5.74) is 2.93. The van der Waals surface area contributed by atoms with E-state index in [0.29, 0.717) is 6.61 Å². The van der Waals surface area contributed by atoms with Crippen LogP contribution in [0.15, 0.2) is 48.5 Å². The number of rotatable bonds is 8. The van der Waals surface area contributed by atoms with Gasteiger partial charge in [0, 0.05) is 5.69 Å². The average molecular weight is 363 g/mol. The summed E-state index contributed by atoms with van der Waals surface area (Å²) in [6.07, 6.45) is 1.00. The molecule has 0 aliphatic rings. The van der Waals surface area contributed by atoms with Gasteiger partial charge in [-0.1, -0.05) is 37.3 Å². The molecule has 0 aliphatic carbocycles. The van der Waals surface area contributed by atoms with Crippen LogP contribution in [-0.2, 0) is 11.4 Å². The maximum absolute atomic E-state index is 12.2. The van der Waals surface area contributed by atoms with E-state index in [4.69, 9.17) is 4.74 Å². The maximum Gasteiger partial charge on any atom is 0.241 e. The predicted octanol–water partition coefficient (Wildman–Crippen LogP) is 4.32. The lowest BCUT2D eigenvalue weighted by Crippen LogP contribution is -2.38. The first-order valence-corrected chi connectivity index (χ1v) is 8.41. The molecule has 0 fully saturated rings. The summed E-state index contributed by atoms with van der Waals surface area (Å²) in [7, 11) is 0. The van der Waals surface area contributed by atoms with E-state index in [1.807, 2.05) is 62.4 Å². The van der Waals surface area contributed by atoms with Gasteiger partial charge in [0.15, 0.2) is 0 Å². The molecular weight excluding hydrogens is 336 g/mol. The molecule has 1 atom stereocenters. The molecule has 2 rings (SSSR count). The van der Waals surface area contributed by atoms with Gasteiger partial charge in [-0.05, 0) is 56.1 Å². The molecule has 2 aromatic rings. The van der Waals surface area contributed by atoms with Gasteiger partial charge in [-0.25, -0.2) is 0 Å². The van der Waals surface area contributed by atoms with Gasteiger partial charge in [-0.3, -0.25) is 4.79 Å². The van der Waals surface area contributed by atoms with Crippen LogP contribution in [0.3, 0.4) is 0 Å². The first-order chi connectivity index (χ1) is 11.6. The summed E-state index contributed by atoms with van der Waals surface area (Å²) in [6.45, 7) is 7.28. The number of carbonyl (C=O) groups excluding carboxylic acids is 1. The predicted molar refractivity (Wildman–Crippen MR) is 106 cm³/mol. The van der Waals surface area contributed by atoms with Crippen molar-refractivity contribution in [1.29, 1.82) is 0 Å². The van der Waals surface area contributed by atoms with Crippen LogP contribution in [0.1, 0.15) is 31.4 Å². The van der Waals surface area contributed by atoms with Crippen molar-refractivity contribution in [2.45, 2.75) is 39.8 Å². The van der Waals surface area contributed by atoms with Crippen molar-refractivity contribution in [3.63, 3.8) is 0 Å². The van der Waals surface area contributed by atoms with Gasteiger partial charge in [0.05, 0.1) is 6.04 Å². The number of anilines is 1. The Kier molecular flexibility index (Phi) is 9.03. The Bertz CT molecular complexity index is 662. The Balaban J connectivity index is 0.00000312. The molecule has 0 saturated heterocycles. The molecule has 0 bridgehead atoms. The topological polar surface area (TPSA) is 50.4 Å². The number of carbonyl (C=O) groups is 1. The van der Waals surface area contributed by atoms with Crippen LogP contribution in [0.25, 0.3) is 0 Å². The summed E-state index contributed by atoms with van der Waals surface area (Å²) in [4.78, 5) is 12.2. The molecule has 0 spiro atoms. The average Bonchev–Trinajstić information content (AvgIpc) is 2.60. The zero-order valence-corrected chi connectivity index (χ0v) is 15.9. The molecule has 2 aromatic carbocycles. The van der Waals surface area contributed by atoms with Crippen molar-refractivity contribution in [2.24, 2.45) is 0 Å². The van der Waals surface area contributed by atoms with Crippen molar-refractivity contribution >= 4 is 24.0 Å². The third-order valence-corrected chi connectivity index (χ3v) is 3.80. The normalized spacial score (nSPS) is 11.3. The van der Waals surface area contributed by atoms with Crippen LogP contribution < -0.4 is 15.4 Å². The highest BCUT2D eigenvalue weighted by Crippen LogP contribution is 2.22. The highest BCUT2D eigenvalue weighted by Gasteiger charge is 2.13. The van der Waals surface area contributed by atoms with Gasteiger partial charge < -0.3 is 15.4 Å². The smallest absolute Gasteiger partial charge is 0.241 e. The molecule has 1 amide bonds. The summed E-state index contributed by atoms with van der Waals surface area (Å²) in [5.74, 6) is 0.774. The zero-order valence-electron chi connectivity index (χ0n) is 15.0. The minimum absolute atomic E-state index is 0. The lowest BCUT2D eigenvalue weighted by atomic mass is 10.1. The number of hydrogen-bond acceptors (Lipinski definition) is 3. The Hall–Kier alpha value is -2.04. The van der Waals surface area contributed by atoms with E-state index in [2.05, 4.69) is 17.6 Å². The third-order valence-electron chi connectivity index (χ3n) is 3.80. The molecule has 0 radical (unpaired) electrons. The lowest BCUT2D eigenvalue weighted by molar-refractivity contribution is -0.117. The summed E-state index contributed by atoms with van der Waals surface area (Å²) < 4.78 is 5.81. The van der Waals surface area contributed by atoms with Crippen molar-refractivity contribution in [2.75, 3.05) is 11.9 Å². The third kappa shape index (κ3) is 6.77. The summed E-state index contributed by atoms with van der Waals surface area (Å²) >= 11 is 0. The SMILES string of the molecule is CCCNC(C)C(=O)Nc1ccc(OCc2ccccc2)cc1C.Cl. The maximum atomic E-state index is 12.2. The minimum Gasteiger partial charge on any atom is -0.489 e. The van der Waals surface area contributed by atoms with Gasteiger partial charge in [-0.2, -0.15) is 0 Å². The molecule has 0 saturated carbocycles. The lowest BCUT2D eigenvalue weighted by Gasteiger charge is -2.15. The van der Waals surface area contributed by atoms with Gasteiger partial charge in [0.2, 0.25) is 5.91 Å². The van der Waals surface area contributed by atoms with E-state index in [0.717, 1.165) is 35.5 Å². The zero-order chi connectivity index (χ0) is 17.4. The van der Waals surface area contributed by atoms with Crippen molar-refractivity contribution in [3.8, 4) is 5.75 Å². The first kappa shape index (κ1) is 21.0. The second-order valence-corrected chi connectivity index (χ2v) is 5.92. The minimum atomic E-state index is -0.210. The number of ether oxygens (including phenoxy) is 1. The highest BCUT2D eigenvalue weighted by atomic mass is 35.5. The van der Waals surface area contributed by atoms with Crippen LogP contribution in [0.5, 0.6) is 5.75 Å². The standard InChI is InChI=1S/C20H26N2O2.ClH/c1-4-12-21-16(3)20(23)22-19-11-10-18(13-15(19)2)24-14-17-8-6-5-7-9-17;/h5-11,13,16,21H,4,12,14H2,1-3H3,(H,22,23);1H. The fourth-order valence-corrected chi connectivity index (χ4v) is 2.30. The molecule has 2 N–H and O–H groups in total. The fraction of sp³-hybridized carbons (Fsp3) is 0.350. The monoisotopic (exact) mass is 362 g/mol. The Morgan fingerprint density at radius 3 is 2.52 bits per heavy atom. The fourth-order valence-electron chi connectivity index (χ4n) is 2.30. The number of nitrogens with one attached hydrogen (secondary N) is 2. The van der Waals surface area contributed by atoms with E-state index < -0.39 is 0 Å². The summed E-state index contributed by atoms with van der Waals surface area (Å²) in [5, 5.41) is 6.15. The molecule has 136 valence electrons. The molecule has 25 heavy (non-hydrogen) atoms. The van der Waals surface area contributed by atoms with Crippen LogP contribution in [-0.4, -0.2) is 18.5 Å². The number of aryl methyl sites for hydroxylation is 1. The largest absolute Gasteiger partial charge is 0.489 e. The number of hydrogen-bond donors (Lipinski definition) is 2. The Labute approximate surface area is 156 Å². The van der Waals surface area contributed by atoms with Crippen LogP contribution in [0, 0.1) is 6.92 Å². The van der Waals surface area contributed by atoms with Crippen LogP contribution in [0.4, 0.5) is 5.69 Å². The second kappa shape index (κ2) is 10.7. The van der Waals surface area contributed by atoms with Gasteiger partial charge in [0.25, 0.3) is 0 Å². The van der Waals surface area contributed by atoms with E-state index in [1.165, 1.54) is 0 Å². The number of benzene rings is 2. The molecule has 0 aliphatic heterocycles. The quantitative estimate of drug-likeness (QED) is 0.735. The van der Waals surface area contributed by atoms with E-state index in [-0.39, 0.29) is 24.4 Å². The first-order valence-electron chi connectivity index (χ1n) is 8.41. The van der Waals surface area contributed by atoms with E-state index in [9.17, 15) is 4.79 Å². The van der Waals surface area contributed by atoms with Crippen molar-refractivity contribution in [1.82, 2.24) is 5.32 Å². The van der Waals surface area contributed by atoms with E-state index >= 15 is 0 Å². The molecule has 0 heterocycles. The highest BCUT2D eigenvalue weighted by molar-refractivity contribution is 5.95. The van der Waals surface area contributed by atoms with Gasteiger partial charge in [-0.15, -0.1) is 12.4 Å². The van der Waals surface area contributed by atoms with Crippen molar-refractivity contribution in [3.05, 3.63) is 59.7 Å². The van der Waals surface area contributed by atoms with Crippen molar-refractivity contribution < 1.29 is 9.53 Å². The van der Waals surface area contributed by atoms with E-state index in [1.54, 1.807) is 0 Å². The molecule has 0 aromatic heterocycles.